The molecule has 0 heterocycles. The third-order valence-corrected chi connectivity index (χ3v) is 3.38. The predicted octanol–water partition coefficient (Wildman–Crippen LogP) is 4.57. The van der Waals surface area contributed by atoms with Crippen LogP contribution in [0.4, 0.5) is 0 Å². The molecule has 21 heavy (non-hydrogen) atoms. The van der Waals surface area contributed by atoms with Gasteiger partial charge >= 0.3 is 0 Å². The fourth-order valence-electron chi connectivity index (χ4n) is 2.22. The molecule has 2 aromatic rings. The molecule has 0 unspecified atom stereocenters. The van der Waals surface area contributed by atoms with E-state index in [0.717, 1.165) is 11.3 Å². The van der Waals surface area contributed by atoms with Crippen molar-refractivity contribution in [2.75, 3.05) is 13.7 Å². The molecule has 0 aliphatic rings. The Bertz CT molecular complexity index is 544. The molecule has 2 heteroatoms. The van der Waals surface area contributed by atoms with Gasteiger partial charge in [0.15, 0.2) is 0 Å². The molecule has 0 amide bonds. The van der Waals surface area contributed by atoms with Crippen LogP contribution < -0.4 is 4.74 Å². The van der Waals surface area contributed by atoms with Crippen LogP contribution in [0.2, 0.25) is 0 Å². The maximum Gasteiger partial charge on any atom is 0.118 e. The topological polar surface area (TPSA) is 18.5 Å². The lowest BCUT2D eigenvalue weighted by molar-refractivity contribution is 0.115. The van der Waals surface area contributed by atoms with Crippen LogP contribution in [0.1, 0.15) is 24.0 Å². The minimum absolute atomic E-state index is 0.300. The van der Waals surface area contributed by atoms with Crippen LogP contribution in [0.5, 0.6) is 5.75 Å². The molecule has 0 fully saturated rings. The summed E-state index contributed by atoms with van der Waals surface area (Å²) in [4.78, 5) is 0. The Labute approximate surface area is 127 Å². The zero-order valence-corrected chi connectivity index (χ0v) is 12.7. The van der Waals surface area contributed by atoms with Crippen molar-refractivity contribution >= 4 is 0 Å². The highest BCUT2D eigenvalue weighted by atomic mass is 16.5. The summed E-state index contributed by atoms with van der Waals surface area (Å²) in [6.45, 7) is 3.34. The predicted molar refractivity (Wildman–Crippen MR) is 86.6 cm³/mol. The molecular formula is C19H22O2. The molecule has 2 aromatic carbocycles. The fraction of sp³-hybridized carbons (Fsp3) is 0.263. The van der Waals surface area contributed by atoms with Gasteiger partial charge in [-0.1, -0.05) is 54.6 Å². The second-order valence-electron chi connectivity index (χ2n) is 4.91. The molecule has 0 aliphatic heterocycles. The van der Waals surface area contributed by atoms with E-state index in [1.165, 1.54) is 5.56 Å². The fourth-order valence-corrected chi connectivity index (χ4v) is 2.22. The second kappa shape index (κ2) is 8.28. The van der Waals surface area contributed by atoms with Gasteiger partial charge in [-0.3, -0.25) is 0 Å². The summed E-state index contributed by atoms with van der Waals surface area (Å²) in [7, 11) is 1.67. The Balaban J connectivity index is 1.90. The van der Waals surface area contributed by atoms with Crippen molar-refractivity contribution in [2.24, 2.45) is 0 Å². The van der Waals surface area contributed by atoms with Crippen LogP contribution in [0, 0.1) is 0 Å². The number of hydrogen-bond donors (Lipinski definition) is 0. The molecule has 0 radical (unpaired) electrons. The average Bonchev–Trinajstić information content (AvgIpc) is 2.55. The van der Waals surface area contributed by atoms with Crippen LogP contribution in [0.3, 0.4) is 0 Å². The molecule has 0 spiro atoms. The van der Waals surface area contributed by atoms with Crippen LogP contribution in [0.15, 0.2) is 66.7 Å². The highest BCUT2D eigenvalue weighted by molar-refractivity contribution is 5.27. The average molecular weight is 282 g/mol. The summed E-state index contributed by atoms with van der Waals surface area (Å²) in [5.41, 5.74) is 2.44. The van der Waals surface area contributed by atoms with Crippen molar-refractivity contribution in [3.63, 3.8) is 0 Å². The van der Waals surface area contributed by atoms with E-state index in [0.29, 0.717) is 19.1 Å². The van der Waals surface area contributed by atoms with Crippen molar-refractivity contribution in [3.05, 3.63) is 77.9 Å². The third-order valence-electron chi connectivity index (χ3n) is 3.38. The van der Waals surface area contributed by atoms with Gasteiger partial charge in [-0.25, -0.2) is 0 Å². The smallest absolute Gasteiger partial charge is 0.118 e. The van der Waals surface area contributed by atoms with Crippen LogP contribution in [-0.2, 0) is 11.3 Å². The quantitative estimate of drug-likeness (QED) is 0.692. The normalized spacial score (nSPS) is 12.5. The molecule has 1 atom stereocenters. The molecule has 0 saturated carbocycles. The van der Waals surface area contributed by atoms with E-state index in [1.807, 2.05) is 37.3 Å². The lowest BCUT2D eigenvalue weighted by Gasteiger charge is -2.14. The molecule has 0 aliphatic carbocycles. The van der Waals surface area contributed by atoms with Crippen molar-refractivity contribution in [3.8, 4) is 5.75 Å². The number of benzene rings is 2. The van der Waals surface area contributed by atoms with Gasteiger partial charge in [0.2, 0.25) is 0 Å². The van der Waals surface area contributed by atoms with Gasteiger partial charge in [-0.15, -0.1) is 0 Å². The van der Waals surface area contributed by atoms with Crippen LogP contribution in [0.25, 0.3) is 0 Å². The Morgan fingerprint density at radius 3 is 2.33 bits per heavy atom. The van der Waals surface area contributed by atoms with E-state index in [9.17, 15) is 0 Å². The Morgan fingerprint density at radius 2 is 1.71 bits per heavy atom. The lowest BCUT2D eigenvalue weighted by atomic mass is 10.00. The van der Waals surface area contributed by atoms with Crippen molar-refractivity contribution in [1.82, 2.24) is 0 Å². The first-order valence-electron chi connectivity index (χ1n) is 7.22. The van der Waals surface area contributed by atoms with Gasteiger partial charge in [-0.2, -0.15) is 0 Å². The summed E-state index contributed by atoms with van der Waals surface area (Å²) in [6.07, 6.45) is 4.26. The second-order valence-corrected chi connectivity index (χ2v) is 4.91. The lowest BCUT2D eigenvalue weighted by Crippen LogP contribution is -2.05. The molecule has 0 N–H and O–H groups in total. The van der Waals surface area contributed by atoms with Crippen molar-refractivity contribution in [2.45, 2.75) is 19.4 Å². The largest absolute Gasteiger partial charge is 0.497 e. The summed E-state index contributed by atoms with van der Waals surface area (Å²) in [6, 6.07) is 18.4. The molecular weight excluding hydrogens is 260 g/mol. The SMILES string of the molecule is C/C=C/[C@H](COCc1ccc(OC)cc1)c1ccccc1. The van der Waals surface area contributed by atoms with Crippen LogP contribution in [-0.4, -0.2) is 13.7 Å². The third kappa shape index (κ3) is 4.76. The Hall–Kier alpha value is -2.06. The maximum absolute atomic E-state index is 5.87. The van der Waals surface area contributed by atoms with E-state index in [-0.39, 0.29) is 0 Å². The number of ether oxygens (including phenoxy) is 2. The summed E-state index contributed by atoms with van der Waals surface area (Å²) in [5.74, 6) is 1.17. The zero-order chi connectivity index (χ0) is 14.9. The first kappa shape index (κ1) is 15.3. The van der Waals surface area contributed by atoms with Crippen molar-refractivity contribution in [1.29, 1.82) is 0 Å². The summed E-state index contributed by atoms with van der Waals surface area (Å²) < 4.78 is 11.0. The molecule has 110 valence electrons. The van der Waals surface area contributed by atoms with Gasteiger partial charge in [-0.05, 0) is 30.2 Å². The molecule has 0 aromatic heterocycles. The molecule has 2 nitrogen and oxygen atoms in total. The molecule has 2 rings (SSSR count). The minimum atomic E-state index is 0.300. The van der Waals surface area contributed by atoms with Gasteiger partial charge < -0.3 is 9.47 Å². The standard InChI is InChI=1S/C19H22O2/c1-3-7-18(17-8-5-4-6-9-17)15-21-14-16-10-12-19(20-2)13-11-16/h3-13,18H,14-15H2,1-2H3/b7-3+/t18-/m1/s1. The number of allylic oxidation sites excluding steroid dienone is 1. The molecule has 0 saturated heterocycles. The minimum Gasteiger partial charge on any atom is -0.497 e. The van der Waals surface area contributed by atoms with Gasteiger partial charge in [0.25, 0.3) is 0 Å². The van der Waals surface area contributed by atoms with Gasteiger partial charge in [0.05, 0.1) is 20.3 Å². The van der Waals surface area contributed by atoms with E-state index >= 15 is 0 Å². The monoisotopic (exact) mass is 282 g/mol. The van der Waals surface area contributed by atoms with Crippen LogP contribution >= 0.6 is 0 Å². The molecule has 0 bridgehead atoms. The Kier molecular flexibility index (Phi) is 6.04. The van der Waals surface area contributed by atoms with E-state index in [2.05, 4.69) is 36.4 Å². The van der Waals surface area contributed by atoms with E-state index in [1.54, 1.807) is 7.11 Å². The van der Waals surface area contributed by atoms with Gasteiger partial charge in [0.1, 0.15) is 5.75 Å². The van der Waals surface area contributed by atoms with E-state index in [4.69, 9.17) is 9.47 Å². The number of rotatable bonds is 7. The highest BCUT2D eigenvalue weighted by Gasteiger charge is 2.07. The zero-order valence-electron chi connectivity index (χ0n) is 12.7. The Morgan fingerprint density at radius 1 is 1.00 bits per heavy atom. The highest BCUT2D eigenvalue weighted by Crippen LogP contribution is 2.19. The summed E-state index contributed by atoms with van der Waals surface area (Å²) in [5, 5.41) is 0. The first-order chi connectivity index (χ1) is 10.3. The van der Waals surface area contributed by atoms with Gasteiger partial charge in [0, 0.05) is 5.92 Å². The number of methoxy groups -OCH3 is 1. The van der Waals surface area contributed by atoms with Crippen molar-refractivity contribution < 1.29 is 9.47 Å². The number of hydrogen-bond acceptors (Lipinski definition) is 2. The van der Waals surface area contributed by atoms with E-state index < -0.39 is 0 Å². The first-order valence-corrected chi connectivity index (χ1v) is 7.22. The summed E-state index contributed by atoms with van der Waals surface area (Å²) >= 11 is 0. The maximum atomic E-state index is 5.87.